The Hall–Kier alpha value is -3.21. The number of hydrogen-bond acceptors (Lipinski definition) is 4. The van der Waals surface area contributed by atoms with Crippen LogP contribution in [0.15, 0.2) is 60.8 Å². The number of nitrogens with two attached hydrogens (primary N) is 1. The SMILES string of the molecule is Nc1ncccc1-c1nc2nc(-c3ccccc3)ccc2[nH]1. The fourth-order valence-electron chi connectivity index (χ4n) is 2.41. The van der Waals surface area contributed by atoms with Crippen LogP contribution in [-0.4, -0.2) is 19.9 Å². The van der Waals surface area contributed by atoms with E-state index in [1.165, 1.54) is 0 Å². The first-order valence-electron chi connectivity index (χ1n) is 6.94. The molecule has 22 heavy (non-hydrogen) atoms. The quantitative estimate of drug-likeness (QED) is 0.593. The van der Waals surface area contributed by atoms with Crippen LogP contribution in [0.4, 0.5) is 5.82 Å². The summed E-state index contributed by atoms with van der Waals surface area (Å²) in [5, 5.41) is 0. The lowest BCUT2D eigenvalue weighted by Crippen LogP contribution is -1.93. The summed E-state index contributed by atoms with van der Waals surface area (Å²) in [6.45, 7) is 0. The molecule has 4 rings (SSSR count). The number of anilines is 1. The molecular formula is C17H13N5. The average Bonchev–Trinajstić information content (AvgIpc) is 2.99. The Kier molecular flexibility index (Phi) is 2.83. The van der Waals surface area contributed by atoms with E-state index in [4.69, 9.17) is 5.73 Å². The third-order valence-corrected chi connectivity index (χ3v) is 3.51. The Balaban J connectivity index is 1.84. The van der Waals surface area contributed by atoms with Gasteiger partial charge in [0, 0.05) is 11.8 Å². The smallest absolute Gasteiger partial charge is 0.178 e. The number of fused-ring (bicyclic) bond motifs is 1. The van der Waals surface area contributed by atoms with Crippen molar-refractivity contribution in [2.24, 2.45) is 0 Å². The van der Waals surface area contributed by atoms with Crippen LogP contribution in [0.1, 0.15) is 0 Å². The molecule has 0 radical (unpaired) electrons. The van der Waals surface area contributed by atoms with E-state index in [1.54, 1.807) is 6.20 Å². The van der Waals surface area contributed by atoms with Crippen molar-refractivity contribution in [2.75, 3.05) is 5.73 Å². The molecule has 0 atom stereocenters. The lowest BCUT2D eigenvalue weighted by atomic mass is 10.1. The molecule has 5 heteroatoms. The summed E-state index contributed by atoms with van der Waals surface area (Å²) in [5.41, 5.74) is 10.2. The van der Waals surface area contributed by atoms with Crippen LogP contribution in [0.25, 0.3) is 33.8 Å². The van der Waals surface area contributed by atoms with Crippen LogP contribution in [-0.2, 0) is 0 Å². The lowest BCUT2D eigenvalue weighted by Gasteiger charge is -1.99. The molecule has 3 heterocycles. The number of H-pyrrole nitrogens is 1. The molecule has 1 aromatic carbocycles. The number of rotatable bonds is 2. The van der Waals surface area contributed by atoms with Gasteiger partial charge in [0.05, 0.1) is 16.8 Å². The summed E-state index contributed by atoms with van der Waals surface area (Å²) in [5.74, 6) is 1.13. The lowest BCUT2D eigenvalue weighted by molar-refractivity contribution is 1.27. The number of aromatic nitrogens is 4. The predicted molar refractivity (Wildman–Crippen MR) is 87.0 cm³/mol. The molecule has 0 fully saturated rings. The highest BCUT2D eigenvalue weighted by atomic mass is 15.0. The number of pyridine rings is 2. The highest BCUT2D eigenvalue weighted by molar-refractivity contribution is 5.81. The zero-order valence-electron chi connectivity index (χ0n) is 11.7. The number of imidazole rings is 1. The average molecular weight is 287 g/mol. The molecule has 106 valence electrons. The summed E-state index contributed by atoms with van der Waals surface area (Å²) >= 11 is 0. The van der Waals surface area contributed by atoms with Crippen molar-refractivity contribution in [3.05, 3.63) is 60.8 Å². The second-order valence-electron chi connectivity index (χ2n) is 4.96. The molecule has 0 aliphatic heterocycles. The largest absolute Gasteiger partial charge is 0.383 e. The van der Waals surface area contributed by atoms with E-state index in [2.05, 4.69) is 19.9 Å². The van der Waals surface area contributed by atoms with E-state index in [-0.39, 0.29) is 0 Å². The molecule has 0 aliphatic carbocycles. The Morgan fingerprint density at radius 1 is 0.864 bits per heavy atom. The normalized spacial score (nSPS) is 10.9. The van der Waals surface area contributed by atoms with Crippen molar-refractivity contribution in [3.8, 4) is 22.6 Å². The van der Waals surface area contributed by atoms with Crippen LogP contribution < -0.4 is 5.73 Å². The minimum Gasteiger partial charge on any atom is -0.383 e. The zero-order chi connectivity index (χ0) is 14.9. The second-order valence-corrected chi connectivity index (χ2v) is 4.96. The Morgan fingerprint density at radius 3 is 2.55 bits per heavy atom. The first-order valence-corrected chi connectivity index (χ1v) is 6.94. The van der Waals surface area contributed by atoms with E-state index < -0.39 is 0 Å². The third kappa shape index (κ3) is 2.09. The maximum Gasteiger partial charge on any atom is 0.178 e. The van der Waals surface area contributed by atoms with Gasteiger partial charge in [-0.1, -0.05) is 30.3 Å². The van der Waals surface area contributed by atoms with Crippen molar-refractivity contribution in [1.29, 1.82) is 0 Å². The van der Waals surface area contributed by atoms with Crippen LogP contribution in [0.5, 0.6) is 0 Å². The van der Waals surface area contributed by atoms with Gasteiger partial charge in [0.25, 0.3) is 0 Å². The third-order valence-electron chi connectivity index (χ3n) is 3.51. The molecule has 0 saturated heterocycles. The first kappa shape index (κ1) is 12.5. The number of aromatic amines is 1. The molecule has 3 aromatic heterocycles. The maximum absolute atomic E-state index is 5.90. The number of nitrogen functional groups attached to an aromatic ring is 1. The number of nitrogens with zero attached hydrogens (tertiary/aromatic N) is 3. The zero-order valence-corrected chi connectivity index (χ0v) is 11.7. The van der Waals surface area contributed by atoms with Crippen molar-refractivity contribution in [1.82, 2.24) is 19.9 Å². The molecule has 0 amide bonds. The van der Waals surface area contributed by atoms with Crippen molar-refractivity contribution >= 4 is 17.0 Å². The van der Waals surface area contributed by atoms with Crippen molar-refractivity contribution in [2.45, 2.75) is 0 Å². The van der Waals surface area contributed by atoms with Gasteiger partial charge in [-0.05, 0) is 24.3 Å². The molecule has 0 spiro atoms. The highest BCUT2D eigenvalue weighted by Crippen LogP contribution is 2.25. The summed E-state index contributed by atoms with van der Waals surface area (Å²) in [4.78, 5) is 16.5. The van der Waals surface area contributed by atoms with E-state index in [0.29, 0.717) is 17.3 Å². The standard InChI is InChI=1S/C17H13N5/c18-15-12(7-4-10-19-15)16-21-14-9-8-13(20-17(14)22-16)11-5-2-1-3-6-11/h1-10H,(H2,18,19)(H,20,21,22). The molecular weight excluding hydrogens is 274 g/mol. The minimum absolute atomic E-state index is 0.449. The van der Waals surface area contributed by atoms with Crippen LogP contribution >= 0.6 is 0 Å². The van der Waals surface area contributed by atoms with Gasteiger partial charge in [-0.3, -0.25) is 0 Å². The molecule has 4 aromatic rings. The Bertz CT molecular complexity index is 944. The van der Waals surface area contributed by atoms with Crippen LogP contribution in [0.3, 0.4) is 0 Å². The van der Waals surface area contributed by atoms with Gasteiger partial charge in [0.2, 0.25) is 0 Å². The van der Waals surface area contributed by atoms with Gasteiger partial charge in [0.15, 0.2) is 5.65 Å². The number of nitrogens with one attached hydrogen (secondary N) is 1. The second kappa shape index (κ2) is 4.96. The summed E-state index contributed by atoms with van der Waals surface area (Å²) in [7, 11) is 0. The van der Waals surface area contributed by atoms with Gasteiger partial charge < -0.3 is 10.7 Å². The van der Waals surface area contributed by atoms with E-state index in [0.717, 1.165) is 22.3 Å². The summed E-state index contributed by atoms with van der Waals surface area (Å²) < 4.78 is 0. The molecule has 0 saturated carbocycles. The van der Waals surface area contributed by atoms with E-state index in [9.17, 15) is 0 Å². The minimum atomic E-state index is 0.449. The molecule has 3 N–H and O–H groups in total. The van der Waals surface area contributed by atoms with Crippen LogP contribution in [0, 0.1) is 0 Å². The molecule has 0 bridgehead atoms. The fourth-order valence-corrected chi connectivity index (χ4v) is 2.41. The van der Waals surface area contributed by atoms with E-state index in [1.807, 2.05) is 54.6 Å². The summed E-state index contributed by atoms with van der Waals surface area (Å²) in [6, 6.07) is 17.7. The molecule has 0 aliphatic rings. The maximum atomic E-state index is 5.90. The van der Waals surface area contributed by atoms with Crippen LogP contribution in [0.2, 0.25) is 0 Å². The Morgan fingerprint density at radius 2 is 1.73 bits per heavy atom. The van der Waals surface area contributed by atoms with Gasteiger partial charge in [-0.15, -0.1) is 0 Å². The predicted octanol–water partition coefficient (Wildman–Crippen LogP) is 3.27. The van der Waals surface area contributed by atoms with Gasteiger partial charge in [-0.25, -0.2) is 15.0 Å². The van der Waals surface area contributed by atoms with Gasteiger partial charge in [-0.2, -0.15) is 0 Å². The fraction of sp³-hybridized carbons (Fsp3) is 0. The van der Waals surface area contributed by atoms with Crippen molar-refractivity contribution < 1.29 is 0 Å². The Labute approximate surface area is 126 Å². The van der Waals surface area contributed by atoms with Crippen molar-refractivity contribution in [3.63, 3.8) is 0 Å². The molecule has 0 unspecified atom stereocenters. The van der Waals surface area contributed by atoms with E-state index >= 15 is 0 Å². The highest BCUT2D eigenvalue weighted by Gasteiger charge is 2.10. The summed E-state index contributed by atoms with van der Waals surface area (Å²) in [6.07, 6.45) is 1.66. The number of hydrogen-bond donors (Lipinski definition) is 2. The monoisotopic (exact) mass is 287 g/mol. The first-order chi connectivity index (χ1) is 10.8. The van der Waals surface area contributed by atoms with Gasteiger partial charge >= 0.3 is 0 Å². The van der Waals surface area contributed by atoms with Gasteiger partial charge in [0.1, 0.15) is 11.6 Å². The molecule has 5 nitrogen and oxygen atoms in total. The topological polar surface area (TPSA) is 80.5 Å². The number of benzene rings is 1.